The van der Waals surface area contributed by atoms with Crippen molar-refractivity contribution in [2.45, 2.75) is 0 Å². The number of primary amides is 1. The van der Waals surface area contributed by atoms with E-state index in [0.29, 0.717) is 17.9 Å². The zero-order valence-electron chi connectivity index (χ0n) is 8.01. The first-order valence-electron chi connectivity index (χ1n) is 4.52. The van der Waals surface area contributed by atoms with Crippen molar-refractivity contribution in [1.29, 1.82) is 0 Å². The normalized spacial score (nSPS) is 15.7. The minimum absolute atomic E-state index is 0.437. The third-order valence-corrected chi connectivity index (χ3v) is 2.04. The smallest absolute Gasteiger partial charge is 0.248 e. The van der Waals surface area contributed by atoms with Crippen LogP contribution < -0.4 is 10.5 Å². The fourth-order valence-corrected chi connectivity index (χ4v) is 1.28. The summed E-state index contributed by atoms with van der Waals surface area (Å²) in [5, 5.41) is 0. The SMILES string of the molecule is NC(=O)c1ccc2c(c1)OC/C=C\N=C2. The largest absolute Gasteiger partial charge is 0.489 e. The Morgan fingerprint density at radius 1 is 1.47 bits per heavy atom. The average molecular weight is 202 g/mol. The van der Waals surface area contributed by atoms with E-state index in [9.17, 15) is 4.79 Å². The number of hydrogen-bond donors (Lipinski definition) is 1. The summed E-state index contributed by atoms with van der Waals surface area (Å²) in [5.41, 5.74) is 6.45. The number of nitrogens with two attached hydrogens (primary N) is 1. The van der Waals surface area contributed by atoms with Crippen LogP contribution in [0.5, 0.6) is 5.75 Å². The lowest BCUT2D eigenvalue weighted by atomic mass is 10.1. The fraction of sp³-hybridized carbons (Fsp3) is 0.0909. The van der Waals surface area contributed by atoms with E-state index in [2.05, 4.69) is 4.99 Å². The van der Waals surface area contributed by atoms with Gasteiger partial charge >= 0.3 is 0 Å². The molecule has 4 heteroatoms. The van der Waals surface area contributed by atoms with E-state index in [4.69, 9.17) is 10.5 Å². The molecule has 2 rings (SSSR count). The number of nitrogens with zero attached hydrogens (tertiary/aromatic N) is 1. The van der Waals surface area contributed by atoms with Crippen LogP contribution in [0.15, 0.2) is 35.5 Å². The fourth-order valence-electron chi connectivity index (χ4n) is 1.28. The molecule has 1 heterocycles. The van der Waals surface area contributed by atoms with E-state index >= 15 is 0 Å². The summed E-state index contributed by atoms with van der Waals surface area (Å²) in [5.74, 6) is 0.162. The second kappa shape index (κ2) is 3.96. The molecule has 0 atom stereocenters. The number of carbonyl (C=O) groups excluding carboxylic acids is 1. The average Bonchev–Trinajstić information content (AvgIpc) is 2.18. The van der Waals surface area contributed by atoms with Gasteiger partial charge in [0.25, 0.3) is 0 Å². The maximum atomic E-state index is 11.0. The molecule has 1 aliphatic rings. The van der Waals surface area contributed by atoms with Gasteiger partial charge in [0, 0.05) is 23.5 Å². The van der Waals surface area contributed by atoms with Crippen LogP contribution in [-0.4, -0.2) is 18.7 Å². The third-order valence-electron chi connectivity index (χ3n) is 2.04. The molecule has 1 aromatic carbocycles. The Labute approximate surface area is 87.1 Å². The van der Waals surface area contributed by atoms with Crippen molar-refractivity contribution in [3.63, 3.8) is 0 Å². The van der Waals surface area contributed by atoms with E-state index in [-0.39, 0.29) is 0 Å². The van der Waals surface area contributed by atoms with Gasteiger partial charge in [0.05, 0.1) is 0 Å². The van der Waals surface area contributed by atoms with Gasteiger partial charge in [0.15, 0.2) is 0 Å². The van der Waals surface area contributed by atoms with Crippen molar-refractivity contribution in [3.05, 3.63) is 41.6 Å². The van der Waals surface area contributed by atoms with E-state index < -0.39 is 5.91 Å². The molecule has 15 heavy (non-hydrogen) atoms. The van der Waals surface area contributed by atoms with E-state index in [1.54, 1.807) is 36.7 Å². The van der Waals surface area contributed by atoms with Crippen LogP contribution in [0.25, 0.3) is 0 Å². The summed E-state index contributed by atoms with van der Waals surface area (Å²) in [4.78, 5) is 15.0. The van der Waals surface area contributed by atoms with E-state index in [0.717, 1.165) is 5.56 Å². The standard InChI is InChI=1S/C11H10N2O2/c12-11(14)8-2-3-9-7-13-4-1-5-15-10(9)6-8/h1-4,6-7H,5H2,(H2,12,14)/b4-1-,13-7?. The zero-order chi connectivity index (χ0) is 10.7. The summed E-state index contributed by atoms with van der Waals surface area (Å²) in [6.45, 7) is 0.437. The van der Waals surface area contributed by atoms with Gasteiger partial charge in [-0.25, -0.2) is 0 Å². The number of rotatable bonds is 1. The molecule has 0 spiro atoms. The Morgan fingerprint density at radius 2 is 2.33 bits per heavy atom. The zero-order valence-corrected chi connectivity index (χ0v) is 8.01. The summed E-state index contributed by atoms with van der Waals surface area (Å²) in [6, 6.07) is 5.04. The second-order valence-corrected chi connectivity index (χ2v) is 3.09. The Balaban J connectivity index is 2.44. The van der Waals surface area contributed by atoms with Crippen LogP contribution in [-0.2, 0) is 0 Å². The van der Waals surface area contributed by atoms with Crippen LogP contribution in [0.3, 0.4) is 0 Å². The highest BCUT2D eigenvalue weighted by molar-refractivity contribution is 5.95. The topological polar surface area (TPSA) is 64.7 Å². The Hall–Kier alpha value is -2.10. The molecule has 1 aromatic rings. The van der Waals surface area contributed by atoms with Gasteiger partial charge in [-0.1, -0.05) is 0 Å². The van der Waals surface area contributed by atoms with Crippen LogP contribution in [0.4, 0.5) is 0 Å². The molecule has 0 saturated carbocycles. The predicted octanol–water partition coefficient (Wildman–Crippen LogP) is 1.11. The van der Waals surface area contributed by atoms with Crippen molar-refractivity contribution < 1.29 is 9.53 Å². The predicted molar refractivity (Wildman–Crippen MR) is 57.2 cm³/mol. The number of amides is 1. The number of ether oxygens (including phenoxy) is 1. The molecular formula is C11H10N2O2. The van der Waals surface area contributed by atoms with Crippen molar-refractivity contribution >= 4 is 12.1 Å². The number of carbonyl (C=O) groups is 1. The van der Waals surface area contributed by atoms with Crippen LogP contribution in [0.1, 0.15) is 15.9 Å². The summed E-state index contributed by atoms with van der Waals surface area (Å²) in [7, 11) is 0. The molecule has 0 unspecified atom stereocenters. The van der Waals surface area contributed by atoms with Gasteiger partial charge in [-0.3, -0.25) is 9.79 Å². The summed E-state index contributed by atoms with van der Waals surface area (Å²) in [6.07, 6.45) is 5.14. The first kappa shape index (κ1) is 9.45. The van der Waals surface area contributed by atoms with Gasteiger partial charge < -0.3 is 10.5 Å². The van der Waals surface area contributed by atoms with Gasteiger partial charge in [-0.15, -0.1) is 0 Å². The minimum Gasteiger partial charge on any atom is -0.489 e. The Morgan fingerprint density at radius 3 is 3.13 bits per heavy atom. The van der Waals surface area contributed by atoms with Crippen LogP contribution >= 0.6 is 0 Å². The van der Waals surface area contributed by atoms with Crippen molar-refractivity contribution in [2.75, 3.05) is 6.61 Å². The quantitative estimate of drug-likeness (QED) is 0.741. The van der Waals surface area contributed by atoms with Gasteiger partial charge in [-0.05, 0) is 24.3 Å². The van der Waals surface area contributed by atoms with E-state index in [1.165, 1.54) is 0 Å². The second-order valence-electron chi connectivity index (χ2n) is 3.09. The molecule has 0 fully saturated rings. The van der Waals surface area contributed by atoms with E-state index in [1.807, 2.05) is 0 Å². The number of aliphatic imine (C=N–C) groups is 1. The molecule has 0 radical (unpaired) electrons. The molecule has 4 nitrogen and oxygen atoms in total. The molecule has 2 N–H and O–H groups in total. The van der Waals surface area contributed by atoms with Gasteiger partial charge in [-0.2, -0.15) is 0 Å². The highest BCUT2D eigenvalue weighted by atomic mass is 16.5. The van der Waals surface area contributed by atoms with Crippen molar-refractivity contribution in [2.24, 2.45) is 10.7 Å². The van der Waals surface area contributed by atoms with Crippen molar-refractivity contribution in [1.82, 2.24) is 0 Å². The molecule has 1 amide bonds. The highest BCUT2D eigenvalue weighted by Gasteiger charge is 2.07. The number of fused-ring (bicyclic) bond motifs is 1. The molecular weight excluding hydrogens is 192 g/mol. The first-order valence-corrected chi connectivity index (χ1v) is 4.52. The lowest BCUT2D eigenvalue weighted by molar-refractivity contribution is 0.1000. The van der Waals surface area contributed by atoms with Gasteiger partial charge in [0.1, 0.15) is 12.4 Å². The molecule has 1 aliphatic heterocycles. The molecule has 0 aromatic heterocycles. The Kier molecular flexibility index (Phi) is 2.49. The monoisotopic (exact) mass is 202 g/mol. The van der Waals surface area contributed by atoms with Gasteiger partial charge in [0.2, 0.25) is 5.91 Å². The summed E-state index contributed by atoms with van der Waals surface area (Å²) < 4.78 is 5.43. The molecule has 0 bridgehead atoms. The Bertz CT molecular complexity index is 450. The first-order chi connectivity index (χ1) is 7.27. The summed E-state index contributed by atoms with van der Waals surface area (Å²) >= 11 is 0. The van der Waals surface area contributed by atoms with Crippen LogP contribution in [0, 0.1) is 0 Å². The molecule has 76 valence electrons. The molecule has 0 aliphatic carbocycles. The molecule has 0 saturated heterocycles. The number of benzene rings is 1. The minimum atomic E-state index is -0.462. The van der Waals surface area contributed by atoms with Crippen LogP contribution in [0.2, 0.25) is 0 Å². The maximum Gasteiger partial charge on any atom is 0.248 e. The maximum absolute atomic E-state index is 11.0. The third kappa shape index (κ3) is 2.04. The van der Waals surface area contributed by atoms with Crippen molar-refractivity contribution in [3.8, 4) is 5.75 Å². The lowest BCUT2D eigenvalue weighted by Crippen LogP contribution is -2.11. The lowest BCUT2D eigenvalue weighted by Gasteiger charge is -2.09. The number of hydrogen-bond acceptors (Lipinski definition) is 3. The highest BCUT2D eigenvalue weighted by Crippen LogP contribution is 2.19.